The molecule has 0 unspecified atom stereocenters. The van der Waals surface area contributed by atoms with Gasteiger partial charge in [-0.25, -0.2) is 0 Å². The molecule has 0 amide bonds. The third kappa shape index (κ3) is 18.4. The van der Waals surface area contributed by atoms with Crippen molar-refractivity contribution in [3.63, 3.8) is 0 Å². The average Bonchev–Trinajstić information content (AvgIpc) is 1.57. The maximum atomic E-state index is 7.29. The van der Waals surface area contributed by atoms with Crippen molar-refractivity contribution in [3.05, 3.63) is 363 Å². The zero-order chi connectivity index (χ0) is 63.9. The van der Waals surface area contributed by atoms with Crippen molar-refractivity contribution in [1.29, 1.82) is 0 Å². The van der Waals surface area contributed by atoms with Gasteiger partial charge in [-0.15, -0.1) is 70.8 Å². The van der Waals surface area contributed by atoms with Crippen molar-refractivity contribution in [2.75, 3.05) is 11.8 Å². The minimum atomic E-state index is -1.68. The summed E-state index contributed by atoms with van der Waals surface area (Å²) in [6.45, 7) is 9.33. The zero-order valence-electron chi connectivity index (χ0n) is 53.6. The third-order valence-electron chi connectivity index (χ3n) is 17.6. The molecule has 0 aliphatic carbocycles. The van der Waals surface area contributed by atoms with Gasteiger partial charge >= 0.3 is 89.5 Å². The van der Waals surface area contributed by atoms with Crippen molar-refractivity contribution in [3.8, 4) is 45.9 Å². The Balaban J connectivity index is 0.000000180. The monoisotopic (exact) mass is 2070 g/mol. The van der Waals surface area contributed by atoms with Gasteiger partial charge in [-0.05, 0) is 130 Å². The summed E-state index contributed by atoms with van der Waals surface area (Å²) >= 11 is 0. The van der Waals surface area contributed by atoms with Crippen molar-refractivity contribution < 1.29 is 89.5 Å². The molecular formula is C86H72Au4P4Si2+4. The summed E-state index contributed by atoms with van der Waals surface area (Å²) < 4.78 is 0. The average molecular weight is 2070 g/mol. The number of hydrogen-bond acceptors (Lipinski definition) is 0. The van der Waals surface area contributed by atoms with Gasteiger partial charge in [-0.2, -0.15) is 0 Å². The van der Waals surface area contributed by atoms with Gasteiger partial charge in [-0.3, -0.25) is 23.7 Å². The van der Waals surface area contributed by atoms with Crippen molar-refractivity contribution in [1.82, 2.24) is 0 Å². The molecule has 484 valence electrons. The van der Waals surface area contributed by atoms with E-state index in [0.717, 1.165) is 22.3 Å². The molecule has 0 spiro atoms. The minimum Gasteiger partial charge on any atom is -0.366 e. The van der Waals surface area contributed by atoms with Crippen LogP contribution in [0.25, 0.3) is 22.3 Å². The molecule has 0 saturated heterocycles. The van der Waals surface area contributed by atoms with Gasteiger partial charge < -0.3 is 25.7 Å². The summed E-state index contributed by atoms with van der Waals surface area (Å²) in [6, 6.07) is 113. The molecule has 2 aliphatic heterocycles. The molecule has 0 N–H and O–H groups in total. The predicted molar refractivity (Wildman–Crippen MR) is 414 cm³/mol. The molecule has 0 saturated carbocycles. The Morgan fingerprint density at radius 3 is 0.615 bits per heavy atom. The topological polar surface area (TPSA) is 0 Å². The standard InChI is InChI=1S/2C25H22P2.2C18H12Si.4Au/c2*1-5-13-22(14-6-1)26(23-15-7-2-8-16-23)21-27(24-17-9-3-10-18-24)25-19-11-4-12-20-25;2*1-5-13-8-10-17-16(11-13)15-9-7-14(6-2)12-18(15)19(17,3)4;;;;/h2*1-20H,21H2;2*7-12H,3-4H3;;;;/q;;2*-2;4*+1/p+4. The summed E-state index contributed by atoms with van der Waals surface area (Å²) in [6.07, 6.45) is 29.1. The fraction of sp³-hybridized carbons (Fsp3) is 0.0698. The molecule has 10 heteroatoms. The van der Waals surface area contributed by atoms with Gasteiger partial charge in [0, 0.05) is 0 Å². The van der Waals surface area contributed by atoms with Crippen LogP contribution in [0.4, 0.5) is 0 Å². The first-order valence-corrected chi connectivity index (χ1v) is 44.0. The molecule has 2 aliphatic rings. The molecule has 0 radical (unpaired) electrons. The minimum absolute atomic E-state index is 0. The van der Waals surface area contributed by atoms with E-state index in [-0.39, 0.29) is 89.5 Å². The van der Waals surface area contributed by atoms with Crippen molar-refractivity contribution in [2.45, 2.75) is 26.2 Å². The summed E-state index contributed by atoms with van der Waals surface area (Å²) in [4.78, 5) is 0. The van der Waals surface area contributed by atoms with E-state index in [1.54, 1.807) is 0 Å². The first-order chi connectivity index (χ1) is 45.0. The van der Waals surface area contributed by atoms with Crippen molar-refractivity contribution >= 4 is 111 Å². The molecule has 2 heterocycles. The van der Waals surface area contributed by atoms with E-state index in [1.807, 2.05) is 24.3 Å². The Labute approximate surface area is 640 Å². The molecule has 0 bridgehead atoms. The van der Waals surface area contributed by atoms with Crippen LogP contribution >= 0.6 is 31.7 Å². The molecule has 0 aromatic heterocycles. The number of rotatable bonds is 12. The Bertz CT molecular complexity index is 4010. The molecule has 14 rings (SSSR count). The van der Waals surface area contributed by atoms with Crippen LogP contribution < -0.4 is 63.2 Å². The summed E-state index contributed by atoms with van der Waals surface area (Å²) in [5, 5.41) is 17.6. The quantitative estimate of drug-likeness (QED) is 0.0495. The maximum absolute atomic E-state index is 7.29. The molecule has 0 fully saturated rings. The number of fused-ring (bicyclic) bond motifs is 6. The van der Waals surface area contributed by atoms with Crippen LogP contribution in [0.1, 0.15) is 22.3 Å². The predicted octanol–water partition coefficient (Wildman–Crippen LogP) is 14.1. The van der Waals surface area contributed by atoms with E-state index >= 15 is 0 Å². The van der Waals surface area contributed by atoms with Crippen LogP contribution in [0.15, 0.2) is 315 Å². The largest absolute Gasteiger partial charge is 1.00 e. The Kier molecular flexibility index (Phi) is 30.0. The molecule has 12 aromatic carbocycles. The van der Waals surface area contributed by atoms with E-state index in [4.69, 9.17) is 25.7 Å². The first kappa shape index (κ1) is 77.3. The van der Waals surface area contributed by atoms with Gasteiger partial charge in [0.25, 0.3) is 0 Å². The smallest absolute Gasteiger partial charge is 0.366 e. The fourth-order valence-electron chi connectivity index (χ4n) is 12.8. The second-order valence-corrected chi connectivity index (χ2v) is 43.9. The molecule has 0 nitrogen and oxygen atoms in total. The van der Waals surface area contributed by atoms with Crippen LogP contribution in [-0.2, 0) is 89.5 Å². The van der Waals surface area contributed by atoms with Crippen LogP contribution in [0.2, 0.25) is 26.2 Å². The second-order valence-electron chi connectivity index (χ2n) is 24.0. The van der Waals surface area contributed by atoms with Crippen molar-refractivity contribution in [2.24, 2.45) is 0 Å². The fourth-order valence-corrected chi connectivity index (χ4v) is 34.4. The van der Waals surface area contributed by atoms with Gasteiger partial charge in [0.15, 0.2) is 11.8 Å². The van der Waals surface area contributed by atoms with E-state index in [9.17, 15) is 0 Å². The Morgan fingerprint density at radius 1 is 0.229 bits per heavy atom. The molecule has 96 heavy (non-hydrogen) atoms. The Morgan fingerprint density at radius 2 is 0.417 bits per heavy atom. The van der Waals surface area contributed by atoms with Gasteiger partial charge in [0.2, 0.25) is 0 Å². The number of hydrogen-bond donors (Lipinski definition) is 0. The van der Waals surface area contributed by atoms with Gasteiger partial charge in [0.05, 0.1) is 0 Å². The van der Waals surface area contributed by atoms with Gasteiger partial charge in [-0.1, -0.05) is 206 Å². The Hall–Kier alpha value is -6.01. The van der Waals surface area contributed by atoms with E-state index in [2.05, 4.69) is 341 Å². The first-order valence-electron chi connectivity index (χ1n) is 31.2. The summed E-state index contributed by atoms with van der Waals surface area (Å²) in [5.41, 5.74) is 8.29. The van der Waals surface area contributed by atoms with Gasteiger partial charge in [0.1, 0.15) is 90.3 Å². The molecular weight excluding hydrogens is 2000 g/mol. The van der Waals surface area contributed by atoms with Crippen LogP contribution in [0.3, 0.4) is 0 Å². The molecule has 0 atom stereocenters. The SMILES string of the molecule is [Au+].[Au+].[Au+].[Au+].[C-]#Cc1ccc2c(c1)-c1ccc(C#[C-])cc1[Si]2(C)C.[C-]#Cc1ccc2c(c1)-c1ccc(C#[C-])cc1[Si]2(C)C.c1ccc([PH+](C[PH+](c2ccccc2)c2ccccc2)c2ccccc2)cc1.c1ccc([PH+](C[PH+](c2ccccc2)c2ccccc2)c2ccccc2)cc1. The second kappa shape index (κ2) is 37.3. The van der Waals surface area contributed by atoms with E-state index in [0.29, 0.717) is 0 Å². The third-order valence-corrected chi connectivity index (χ3v) is 38.6. The maximum Gasteiger partial charge on any atom is 1.00 e. The van der Waals surface area contributed by atoms with Crippen LogP contribution in [0.5, 0.6) is 0 Å². The summed E-state index contributed by atoms with van der Waals surface area (Å²) in [7, 11) is -6.74. The van der Waals surface area contributed by atoms with Crippen LogP contribution in [-0.4, -0.2) is 28.0 Å². The van der Waals surface area contributed by atoms with Crippen LogP contribution in [0, 0.1) is 49.4 Å². The normalized spacial score (nSPS) is 11.8. The molecule has 12 aromatic rings. The van der Waals surface area contributed by atoms with E-state index < -0.39 is 47.8 Å². The van der Waals surface area contributed by atoms with E-state index in [1.165, 1.54) is 97.2 Å². The number of benzene rings is 12. The zero-order valence-corrected chi connectivity index (χ0v) is 68.3. The summed E-state index contributed by atoms with van der Waals surface area (Å²) in [5.74, 6) is 12.4.